The fourth-order valence-electron chi connectivity index (χ4n) is 6.49. The Bertz CT molecular complexity index is 1220. The summed E-state index contributed by atoms with van der Waals surface area (Å²) in [6, 6.07) is 12.2. The third-order valence-corrected chi connectivity index (χ3v) is 8.80. The number of amides is 1. The first kappa shape index (κ1) is 26.1. The summed E-state index contributed by atoms with van der Waals surface area (Å²) in [7, 11) is 0. The van der Waals surface area contributed by atoms with Gasteiger partial charge in [0.25, 0.3) is 0 Å². The van der Waals surface area contributed by atoms with E-state index in [4.69, 9.17) is 9.47 Å². The summed E-state index contributed by atoms with van der Waals surface area (Å²) in [5.74, 6) is 0.824. The van der Waals surface area contributed by atoms with Gasteiger partial charge in [0.2, 0.25) is 5.91 Å². The van der Waals surface area contributed by atoms with Gasteiger partial charge in [0.15, 0.2) is 0 Å². The van der Waals surface area contributed by atoms with Crippen LogP contribution in [0, 0.1) is 5.82 Å². The van der Waals surface area contributed by atoms with Crippen molar-refractivity contribution in [2.75, 3.05) is 68.8 Å². The molecule has 208 valence electrons. The molecule has 2 atom stereocenters. The zero-order chi connectivity index (χ0) is 26.9. The van der Waals surface area contributed by atoms with Crippen molar-refractivity contribution in [3.05, 3.63) is 59.9 Å². The largest absolute Gasteiger partial charge is 0.491 e. The van der Waals surface area contributed by atoms with Gasteiger partial charge in [-0.15, -0.1) is 0 Å². The van der Waals surface area contributed by atoms with Crippen LogP contribution in [0.15, 0.2) is 43.0 Å². The number of halogens is 1. The van der Waals surface area contributed by atoms with Crippen molar-refractivity contribution >= 4 is 23.0 Å². The summed E-state index contributed by atoms with van der Waals surface area (Å²) >= 11 is 0. The van der Waals surface area contributed by atoms with Crippen LogP contribution in [-0.2, 0) is 16.0 Å². The molecule has 2 aromatic rings. The van der Waals surface area contributed by atoms with Crippen LogP contribution in [-0.4, -0.2) is 86.9 Å². The highest BCUT2D eigenvalue weighted by atomic mass is 19.1. The van der Waals surface area contributed by atoms with Gasteiger partial charge in [0, 0.05) is 82.3 Å². The van der Waals surface area contributed by atoms with Crippen LogP contribution in [0.5, 0.6) is 5.75 Å². The number of ether oxygens (including phenoxy) is 2. The van der Waals surface area contributed by atoms with Crippen LogP contribution in [0.4, 0.5) is 15.8 Å². The van der Waals surface area contributed by atoms with Crippen molar-refractivity contribution in [1.82, 2.24) is 9.80 Å². The number of rotatable bonds is 6. The average Bonchev–Trinajstić information content (AvgIpc) is 3.65. The van der Waals surface area contributed by atoms with E-state index in [0.29, 0.717) is 18.3 Å². The highest BCUT2D eigenvalue weighted by Gasteiger charge is 2.32. The smallest absolute Gasteiger partial charge is 0.219 e. The SMILES string of the molecule is C=C1c2ccc(OC[C@@H]3CCCO3)cc2CCN1c1ccc(N2CCC(N3CCN(C(C)=O)CC3)C2)c(F)c1. The molecule has 8 heteroatoms. The Labute approximate surface area is 230 Å². The molecule has 0 bridgehead atoms. The predicted molar refractivity (Wildman–Crippen MR) is 152 cm³/mol. The Morgan fingerprint density at radius 1 is 1.08 bits per heavy atom. The highest BCUT2D eigenvalue weighted by Crippen LogP contribution is 2.36. The van der Waals surface area contributed by atoms with E-state index in [1.165, 1.54) is 5.56 Å². The van der Waals surface area contributed by atoms with Gasteiger partial charge >= 0.3 is 0 Å². The second-order valence-electron chi connectivity index (χ2n) is 11.2. The highest BCUT2D eigenvalue weighted by molar-refractivity contribution is 5.82. The van der Waals surface area contributed by atoms with Crippen LogP contribution in [0.25, 0.3) is 5.70 Å². The van der Waals surface area contributed by atoms with E-state index < -0.39 is 0 Å². The molecule has 0 aliphatic carbocycles. The van der Waals surface area contributed by atoms with Crippen molar-refractivity contribution in [2.24, 2.45) is 0 Å². The number of nitrogens with zero attached hydrogens (tertiary/aromatic N) is 4. The quantitative estimate of drug-likeness (QED) is 0.555. The molecular weight excluding hydrogens is 495 g/mol. The third-order valence-electron chi connectivity index (χ3n) is 8.80. The maximum atomic E-state index is 15.5. The van der Waals surface area contributed by atoms with Gasteiger partial charge in [-0.1, -0.05) is 6.58 Å². The third kappa shape index (κ3) is 5.50. The molecular formula is C31H39FN4O3. The molecule has 2 aromatic carbocycles. The molecule has 0 aromatic heterocycles. The number of carbonyl (C=O) groups excluding carboxylic acids is 1. The fraction of sp³-hybridized carbons (Fsp3) is 0.516. The molecule has 4 heterocycles. The fourth-order valence-corrected chi connectivity index (χ4v) is 6.49. The number of anilines is 2. The van der Waals surface area contributed by atoms with Gasteiger partial charge in [-0.25, -0.2) is 4.39 Å². The molecule has 4 aliphatic rings. The molecule has 39 heavy (non-hydrogen) atoms. The van der Waals surface area contributed by atoms with Crippen molar-refractivity contribution < 1.29 is 18.7 Å². The minimum atomic E-state index is -0.189. The number of carbonyl (C=O) groups is 1. The van der Waals surface area contributed by atoms with Gasteiger partial charge < -0.3 is 24.2 Å². The molecule has 3 fully saturated rings. The Kier molecular flexibility index (Phi) is 7.49. The van der Waals surface area contributed by atoms with E-state index in [1.807, 2.05) is 23.1 Å². The van der Waals surface area contributed by atoms with E-state index in [0.717, 1.165) is 101 Å². The van der Waals surface area contributed by atoms with Crippen molar-refractivity contribution in [3.63, 3.8) is 0 Å². The lowest BCUT2D eigenvalue weighted by Crippen LogP contribution is -2.52. The molecule has 0 N–H and O–H groups in total. The first-order chi connectivity index (χ1) is 19.0. The van der Waals surface area contributed by atoms with Gasteiger partial charge in [-0.2, -0.15) is 0 Å². The standard InChI is InChI=1S/C31H39FN4O3/c1-22-29-7-6-27(39-21-28-4-3-17-38-28)18-24(29)9-12-36(22)25-5-8-31(30(32)19-25)35-11-10-26(20-35)34-15-13-33(14-16-34)23(2)37/h5-8,18-19,26,28H,1,3-4,9-17,20-21H2,2H3/t26?,28-/m0/s1. The summed E-state index contributed by atoms with van der Waals surface area (Å²) in [5, 5.41) is 0. The van der Waals surface area contributed by atoms with Crippen molar-refractivity contribution in [3.8, 4) is 5.75 Å². The second-order valence-corrected chi connectivity index (χ2v) is 11.2. The van der Waals surface area contributed by atoms with E-state index in [-0.39, 0.29) is 17.8 Å². The molecule has 0 spiro atoms. The Hall–Kier alpha value is -3.10. The molecule has 3 saturated heterocycles. The van der Waals surface area contributed by atoms with Crippen molar-refractivity contribution in [1.29, 1.82) is 0 Å². The number of benzene rings is 2. The van der Waals surface area contributed by atoms with Crippen LogP contribution < -0.4 is 14.5 Å². The lowest BCUT2D eigenvalue weighted by atomic mass is 9.96. The zero-order valence-corrected chi connectivity index (χ0v) is 22.9. The van der Waals surface area contributed by atoms with Crippen molar-refractivity contribution in [2.45, 2.75) is 44.8 Å². The summed E-state index contributed by atoms with van der Waals surface area (Å²) in [4.78, 5) is 20.3. The molecule has 6 rings (SSSR count). The molecule has 7 nitrogen and oxygen atoms in total. The summed E-state index contributed by atoms with van der Waals surface area (Å²) < 4.78 is 27.1. The Morgan fingerprint density at radius 2 is 1.92 bits per heavy atom. The van der Waals surface area contributed by atoms with Crippen LogP contribution >= 0.6 is 0 Å². The van der Waals surface area contributed by atoms with E-state index in [1.54, 1.807) is 13.0 Å². The molecule has 1 amide bonds. The van der Waals surface area contributed by atoms with Gasteiger partial charge in [0.05, 0.1) is 11.8 Å². The molecule has 1 unspecified atom stereocenters. The van der Waals surface area contributed by atoms with E-state index in [2.05, 4.69) is 33.4 Å². The van der Waals surface area contributed by atoms with Gasteiger partial charge in [-0.05, 0) is 67.6 Å². The lowest BCUT2D eigenvalue weighted by molar-refractivity contribution is -0.130. The van der Waals surface area contributed by atoms with E-state index in [9.17, 15) is 4.79 Å². The van der Waals surface area contributed by atoms with Gasteiger partial charge in [-0.3, -0.25) is 9.69 Å². The molecule has 0 radical (unpaired) electrons. The monoisotopic (exact) mass is 534 g/mol. The molecule has 0 saturated carbocycles. The summed E-state index contributed by atoms with van der Waals surface area (Å²) in [5.41, 5.74) is 4.69. The second kappa shape index (κ2) is 11.2. The van der Waals surface area contributed by atoms with Crippen LogP contribution in [0.3, 0.4) is 0 Å². The Balaban J connectivity index is 1.08. The Morgan fingerprint density at radius 3 is 2.67 bits per heavy atom. The van der Waals surface area contributed by atoms with Crippen LogP contribution in [0.2, 0.25) is 0 Å². The van der Waals surface area contributed by atoms with Gasteiger partial charge in [0.1, 0.15) is 18.2 Å². The van der Waals surface area contributed by atoms with E-state index >= 15 is 4.39 Å². The normalized spacial score (nSPS) is 23.8. The predicted octanol–water partition coefficient (Wildman–Crippen LogP) is 4.16. The minimum Gasteiger partial charge on any atom is -0.491 e. The lowest BCUT2D eigenvalue weighted by Gasteiger charge is -2.37. The first-order valence-corrected chi connectivity index (χ1v) is 14.3. The molecule has 4 aliphatic heterocycles. The first-order valence-electron chi connectivity index (χ1n) is 14.3. The number of hydrogen-bond donors (Lipinski definition) is 0. The maximum Gasteiger partial charge on any atom is 0.219 e. The number of piperazine rings is 1. The zero-order valence-electron chi connectivity index (χ0n) is 22.9. The maximum absolute atomic E-state index is 15.5. The minimum absolute atomic E-state index is 0.147. The summed E-state index contributed by atoms with van der Waals surface area (Å²) in [6.45, 7) is 13.2. The topological polar surface area (TPSA) is 48.5 Å². The van der Waals surface area contributed by atoms with Crippen LogP contribution in [0.1, 0.15) is 37.3 Å². The number of hydrogen-bond acceptors (Lipinski definition) is 6. The summed E-state index contributed by atoms with van der Waals surface area (Å²) in [6.07, 6.45) is 4.22. The average molecular weight is 535 g/mol. The number of fused-ring (bicyclic) bond motifs is 1.